The van der Waals surface area contributed by atoms with E-state index in [9.17, 15) is 9.59 Å². The predicted molar refractivity (Wildman–Crippen MR) is 134 cm³/mol. The standard InChI is InChI=1S/C12H16N2O.C9H10ClNO.C3H7N/c1-4-9-13-12(15)10-5-7-11(8-6-10)14(2)3;1-11(2)8-5-3-7(4-6-8)9(10)12;1-2-3-4/h4-8H,1,9H2,2-3H3,(H,13,15);3-6H,1-2H3;2H,1,3-4H2. The zero-order valence-corrected chi connectivity index (χ0v) is 19.5. The van der Waals surface area contributed by atoms with Gasteiger partial charge in [-0.2, -0.15) is 0 Å². The lowest BCUT2D eigenvalue weighted by Crippen LogP contribution is -2.23. The second kappa shape index (κ2) is 15.7. The van der Waals surface area contributed by atoms with Crippen LogP contribution in [0.25, 0.3) is 0 Å². The normalized spacial score (nSPS) is 9.10. The fourth-order valence-electron chi connectivity index (χ4n) is 2.07. The van der Waals surface area contributed by atoms with Crippen LogP contribution in [0.4, 0.5) is 11.4 Å². The highest BCUT2D eigenvalue weighted by Crippen LogP contribution is 2.13. The molecule has 168 valence electrons. The number of rotatable bonds is 7. The summed E-state index contributed by atoms with van der Waals surface area (Å²) in [6.45, 7) is 7.97. The van der Waals surface area contributed by atoms with Gasteiger partial charge in [0.1, 0.15) is 0 Å². The van der Waals surface area contributed by atoms with Gasteiger partial charge >= 0.3 is 0 Å². The molecule has 2 aromatic rings. The molecule has 0 aliphatic rings. The summed E-state index contributed by atoms with van der Waals surface area (Å²) in [6.07, 6.45) is 3.31. The van der Waals surface area contributed by atoms with Gasteiger partial charge in [-0.1, -0.05) is 12.2 Å². The van der Waals surface area contributed by atoms with E-state index in [4.69, 9.17) is 17.3 Å². The number of carbonyl (C=O) groups is 2. The van der Waals surface area contributed by atoms with Crippen molar-refractivity contribution in [1.29, 1.82) is 0 Å². The molecule has 0 radical (unpaired) electrons. The molecule has 2 rings (SSSR count). The minimum Gasteiger partial charge on any atom is -0.378 e. The van der Waals surface area contributed by atoms with Crippen LogP contribution >= 0.6 is 11.6 Å². The van der Waals surface area contributed by atoms with Crippen LogP contribution in [0, 0.1) is 0 Å². The van der Waals surface area contributed by atoms with Gasteiger partial charge in [0.05, 0.1) is 0 Å². The first kappa shape index (κ1) is 27.9. The van der Waals surface area contributed by atoms with Crippen molar-refractivity contribution >= 4 is 34.1 Å². The molecule has 0 saturated heterocycles. The third-order valence-electron chi connectivity index (χ3n) is 3.83. The van der Waals surface area contributed by atoms with Crippen molar-refractivity contribution in [3.8, 4) is 0 Å². The Hall–Kier alpha value is -3.09. The molecule has 7 heteroatoms. The zero-order chi connectivity index (χ0) is 23.8. The van der Waals surface area contributed by atoms with Crippen molar-refractivity contribution in [2.45, 2.75) is 0 Å². The number of benzene rings is 2. The van der Waals surface area contributed by atoms with Gasteiger partial charge < -0.3 is 20.9 Å². The molecule has 0 bridgehead atoms. The molecule has 0 fully saturated rings. The topological polar surface area (TPSA) is 78.7 Å². The summed E-state index contributed by atoms with van der Waals surface area (Å²) in [6, 6.07) is 14.6. The van der Waals surface area contributed by atoms with Crippen LogP contribution in [0.2, 0.25) is 0 Å². The zero-order valence-electron chi connectivity index (χ0n) is 18.8. The summed E-state index contributed by atoms with van der Waals surface area (Å²) >= 11 is 5.28. The Balaban J connectivity index is 0.000000504. The van der Waals surface area contributed by atoms with Crippen LogP contribution in [0.5, 0.6) is 0 Å². The minimum atomic E-state index is -0.416. The summed E-state index contributed by atoms with van der Waals surface area (Å²) in [5.74, 6) is -0.0693. The number of nitrogens with two attached hydrogens (primary N) is 1. The SMILES string of the molecule is C=CCN.C=CCNC(=O)c1ccc(N(C)C)cc1.CN(C)c1ccc(C(=O)Cl)cc1. The third-order valence-corrected chi connectivity index (χ3v) is 4.05. The lowest BCUT2D eigenvalue weighted by Gasteiger charge is -2.12. The summed E-state index contributed by atoms with van der Waals surface area (Å²) in [5.41, 5.74) is 8.24. The van der Waals surface area contributed by atoms with Crippen LogP contribution in [0.3, 0.4) is 0 Å². The van der Waals surface area contributed by atoms with E-state index >= 15 is 0 Å². The van der Waals surface area contributed by atoms with Gasteiger partial charge in [-0.05, 0) is 60.1 Å². The second-order valence-electron chi connectivity index (χ2n) is 6.68. The highest BCUT2D eigenvalue weighted by Gasteiger charge is 2.04. The van der Waals surface area contributed by atoms with Crippen LogP contribution < -0.4 is 20.9 Å². The Morgan fingerprint density at radius 1 is 0.871 bits per heavy atom. The molecule has 0 aliphatic carbocycles. The van der Waals surface area contributed by atoms with Gasteiger partial charge in [0, 0.05) is 63.8 Å². The fraction of sp³-hybridized carbons (Fsp3) is 0.250. The molecular formula is C24H33ClN4O2. The van der Waals surface area contributed by atoms with Crippen molar-refractivity contribution in [2.24, 2.45) is 5.73 Å². The first-order chi connectivity index (χ1) is 14.7. The molecule has 1 amide bonds. The maximum Gasteiger partial charge on any atom is 0.252 e. The van der Waals surface area contributed by atoms with E-state index in [0.717, 1.165) is 11.4 Å². The molecule has 0 unspecified atom stereocenters. The van der Waals surface area contributed by atoms with Crippen LogP contribution in [0.15, 0.2) is 73.8 Å². The maximum absolute atomic E-state index is 11.5. The summed E-state index contributed by atoms with van der Waals surface area (Å²) < 4.78 is 0. The number of amides is 1. The molecule has 2 aromatic carbocycles. The van der Waals surface area contributed by atoms with Crippen molar-refractivity contribution in [2.75, 3.05) is 51.1 Å². The van der Waals surface area contributed by atoms with E-state index in [1.807, 2.05) is 74.4 Å². The molecule has 0 spiro atoms. The van der Waals surface area contributed by atoms with Crippen molar-refractivity contribution in [3.05, 3.63) is 85.0 Å². The highest BCUT2D eigenvalue weighted by atomic mass is 35.5. The Bertz CT molecular complexity index is 816. The molecule has 31 heavy (non-hydrogen) atoms. The highest BCUT2D eigenvalue weighted by molar-refractivity contribution is 6.67. The van der Waals surface area contributed by atoms with E-state index in [1.54, 1.807) is 24.3 Å². The maximum atomic E-state index is 11.5. The van der Waals surface area contributed by atoms with Crippen molar-refractivity contribution < 1.29 is 9.59 Å². The van der Waals surface area contributed by atoms with E-state index in [0.29, 0.717) is 24.2 Å². The summed E-state index contributed by atoms with van der Waals surface area (Å²) in [4.78, 5) is 26.1. The number of halogens is 1. The molecule has 0 atom stereocenters. The Morgan fingerprint density at radius 2 is 1.26 bits per heavy atom. The Morgan fingerprint density at radius 3 is 1.55 bits per heavy atom. The fourth-order valence-corrected chi connectivity index (χ4v) is 2.19. The summed E-state index contributed by atoms with van der Waals surface area (Å²) in [7, 11) is 7.81. The molecular weight excluding hydrogens is 412 g/mol. The number of nitrogens with zero attached hydrogens (tertiary/aromatic N) is 2. The smallest absolute Gasteiger partial charge is 0.252 e. The first-order valence-electron chi connectivity index (χ1n) is 9.62. The second-order valence-corrected chi connectivity index (χ2v) is 7.02. The average Bonchev–Trinajstić information content (AvgIpc) is 2.78. The van der Waals surface area contributed by atoms with Gasteiger partial charge in [-0.25, -0.2) is 0 Å². The van der Waals surface area contributed by atoms with E-state index in [-0.39, 0.29) is 5.91 Å². The van der Waals surface area contributed by atoms with E-state index < -0.39 is 5.24 Å². The quantitative estimate of drug-likeness (QED) is 0.499. The number of hydrogen-bond acceptors (Lipinski definition) is 5. The third kappa shape index (κ3) is 11.6. The van der Waals surface area contributed by atoms with Crippen LogP contribution in [-0.4, -0.2) is 52.4 Å². The lowest BCUT2D eigenvalue weighted by molar-refractivity contribution is 0.0957. The Labute approximate surface area is 191 Å². The number of anilines is 2. The predicted octanol–water partition coefficient (Wildman–Crippen LogP) is 3.93. The van der Waals surface area contributed by atoms with E-state index in [1.165, 1.54) is 0 Å². The van der Waals surface area contributed by atoms with Gasteiger partial charge in [-0.3, -0.25) is 9.59 Å². The van der Waals surface area contributed by atoms with Crippen LogP contribution in [-0.2, 0) is 0 Å². The number of hydrogen-bond donors (Lipinski definition) is 2. The molecule has 0 aromatic heterocycles. The van der Waals surface area contributed by atoms with Gasteiger partial charge in [0.25, 0.3) is 11.1 Å². The summed E-state index contributed by atoms with van der Waals surface area (Å²) in [5, 5.41) is 2.31. The van der Waals surface area contributed by atoms with E-state index in [2.05, 4.69) is 18.5 Å². The molecule has 0 saturated carbocycles. The monoisotopic (exact) mass is 444 g/mol. The van der Waals surface area contributed by atoms with Crippen LogP contribution in [0.1, 0.15) is 20.7 Å². The first-order valence-corrected chi connectivity index (χ1v) is 10.00. The largest absolute Gasteiger partial charge is 0.378 e. The number of carbonyl (C=O) groups excluding carboxylic acids is 2. The number of nitrogens with one attached hydrogen (secondary N) is 1. The lowest BCUT2D eigenvalue weighted by atomic mass is 10.2. The molecule has 6 nitrogen and oxygen atoms in total. The van der Waals surface area contributed by atoms with Gasteiger partial charge in [0.15, 0.2) is 0 Å². The van der Waals surface area contributed by atoms with Gasteiger partial charge in [-0.15, -0.1) is 13.2 Å². The van der Waals surface area contributed by atoms with Crippen molar-refractivity contribution in [3.63, 3.8) is 0 Å². The van der Waals surface area contributed by atoms with Crippen molar-refractivity contribution in [1.82, 2.24) is 5.32 Å². The molecule has 3 N–H and O–H groups in total. The van der Waals surface area contributed by atoms with Gasteiger partial charge in [0.2, 0.25) is 0 Å². The average molecular weight is 445 g/mol. The minimum absolute atomic E-state index is 0.0693. The molecule has 0 heterocycles. The Kier molecular flexibility index (Phi) is 14.1. The molecule has 0 aliphatic heterocycles.